The van der Waals surface area contributed by atoms with E-state index in [0.717, 1.165) is 40.2 Å². The van der Waals surface area contributed by atoms with Crippen LogP contribution in [-0.4, -0.2) is 67.6 Å². The summed E-state index contributed by atoms with van der Waals surface area (Å²) in [7, 11) is 5.05. The van der Waals surface area contributed by atoms with Gasteiger partial charge >= 0.3 is 11.9 Å². The van der Waals surface area contributed by atoms with E-state index in [0.29, 0.717) is 34.0 Å². The Balaban J connectivity index is 1.50. The van der Waals surface area contributed by atoms with Crippen molar-refractivity contribution in [3.05, 3.63) is 109 Å². The number of thiophene rings is 1. The molecule has 0 radical (unpaired) electrons. The van der Waals surface area contributed by atoms with E-state index in [9.17, 15) is 19.9 Å². The fourth-order valence-corrected chi connectivity index (χ4v) is 7.41. The van der Waals surface area contributed by atoms with Crippen molar-refractivity contribution < 1.29 is 38.8 Å². The number of benzene rings is 2. The standard InChI is InChI=1S/C34H35Cl2N3O7S/c1-38-12-11-22(17-38)46-34(42)31(20-7-5-4-6-8-20)37-16-23-14-25(32(47-23)33(40)41)24(15-26-27(35)18-39(43)19-28(26)36)21-9-10-29(44-2)30(13-21)45-3/h4-10,13-14,18-19,22,24,31,37H,11-12,15-17H2,1-3H3,(H-,40,41,43)/p+1/t22-,24+,31?/m1/s1. The van der Waals surface area contributed by atoms with Crippen molar-refractivity contribution in [2.45, 2.75) is 37.5 Å². The van der Waals surface area contributed by atoms with Crippen LogP contribution < -0.4 is 19.5 Å². The summed E-state index contributed by atoms with van der Waals surface area (Å²) >= 11 is 14.2. The predicted molar refractivity (Wildman–Crippen MR) is 178 cm³/mol. The Morgan fingerprint density at radius 3 is 2.36 bits per heavy atom. The summed E-state index contributed by atoms with van der Waals surface area (Å²) in [6.07, 6.45) is 3.44. The summed E-state index contributed by atoms with van der Waals surface area (Å²) in [5.41, 5.74) is 2.55. The number of hydrogen-bond acceptors (Lipinski definition) is 9. The monoisotopic (exact) mass is 700 g/mol. The number of nitrogens with one attached hydrogen (secondary N) is 1. The largest absolute Gasteiger partial charge is 0.493 e. The second-order valence-electron chi connectivity index (χ2n) is 11.3. The van der Waals surface area contributed by atoms with Crippen molar-refractivity contribution >= 4 is 46.5 Å². The van der Waals surface area contributed by atoms with E-state index in [1.54, 1.807) is 12.1 Å². The van der Waals surface area contributed by atoms with Crippen LogP contribution in [0.5, 0.6) is 11.5 Å². The Kier molecular flexibility index (Phi) is 11.3. The fraction of sp³-hybridized carbons (Fsp3) is 0.324. The first-order valence-electron chi connectivity index (χ1n) is 14.9. The first-order valence-corrected chi connectivity index (χ1v) is 16.5. The van der Waals surface area contributed by atoms with Crippen molar-refractivity contribution in [2.75, 3.05) is 34.4 Å². The van der Waals surface area contributed by atoms with Gasteiger partial charge in [-0.15, -0.1) is 11.3 Å². The highest BCUT2D eigenvalue weighted by molar-refractivity contribution is 7.14. The van der Waals surface area contributed by atoms with Gasteiger partial charge in [-0.2, -0.15) is 0 Å². The third-order valence-electron chi connectivity index (χ3n) is 8.15. The topological polar surface area (TPSA) is 121 Å². The summed E-state index contributed by atoms with van der Waals surface area (Å²) < 4.78 is 17.7. The smallest absolute Gasteiger partial charge is 0.346 e. The molecule has 0 amide bonds. The Morgan fingerprint density at radius 2 is 1.74 bits per heavy atom. The highest BCUT2D eigenvalue weighted by Crippen LogP contribution is 2.41. The number of carboxylic acid groups (broad SMARTS) is 1. The predicted octanol–water partition coefficient (Wildman–Crippen LogP) is 5.75. The van der Waals surface area contributed by atoms with Gasteiger partial charge in [0.15, 0.2) is 11.5 Å². The van der Waals surface area contributed by atoms with E-state index in [1.807, 2.05) is 49.5 Å². The van der Waals surface area contributed by atoms with Crippen molar-refractivity contribution in [2.24, 2.45) is 0 Å². The molecule has 47 heavy (non-hydrogen) atoms. The molecule has 2 aromatic carbocycles. The van der Waals surface area contributed by atoms with Crippen LogP contribution in [0.25, 0.3) is 0 Å². The van der Waals surface area contributed by atoms with Crippen molar-refractivity contribution in [1.29, 1.82) is 0 Å². The zero-order valence-corrected chi connectivity index (χ0v) is 28.4. The van der Waals surface area contributed by atoms with Gasteiger partial charge in [0, 0.05) is 40.7 Å². The number of rotatable bonds is 13. The van der Waals surface area contributed by atoms with E-state index in [-0.39, 0.29) is 40.0 Å². The van der Waals surface area contributed by atoms with Gasteiger partial charge in [-0.3, -0.25) is 10.5 Å². The average Bonchev–Trinajstić information content (AvgIpc) is 3.66. The molecule has 13 heteroatoms. The Hall–Kier alpha value is -3.87. The highest BCUT2D eigenvalue weighted by atomic mass is 35.5. The fourth-order valence-electron chi connectivity index (χ4n) is 5.80. The summed E-state index contributed by atoms with van der Waals surface area (Å²) in [6, 6.07) is 15.8. The van der Waals surface area contributed by atoms with Gasteiger partial charge in [0.05, 0.1) is 14.2 Å². The number of ether oxygens (including phenoxy) is 3. The number of nitrogens with zero attached hydrogens (tertiary/aromatic N) is 2. The molecule has 1 unspecified atom stereocenters. The van der Waals surface area contributed by atoms with E-state index >= 15 is 0 Å². The van der Waals surface area contributed by atoms with Crippen LogP contribution in [0.4, 0.5) is 0 Å². The van der Waals surface area contributed by atoms with Crippen LogP contribution >= 0.6 is 34.5 Å². The number of aromatic carboxylic acids is 1. The number of aromatic nitrogens is 1. The van der Waals surface area contributed by atoms with E-state index in [2.05, 4.69) is 10.2 Å². The summed E-state index contributed by atoms with van der Waals surface area (Å²) in [5.74, 6) is -1.03. The number of carbonyl (C=O) groups excluding carboxylic acids is 1. The maximum absolute atomic E-state index is 13.4. The van der Waals surface area contributed by atoms with Gasteiger partial charge in [-0.25, -0.2) is 9.59 Å². The number of halogens is 2. The number of likely N-dealkylation sites (tertiary alicyclic amines) is 1. The highest BCUT2D eigenvalue weighted by Gasteiger charge is 2.31. The number of carbonyl (C=O) groups is 2. The SMILES string of the molecule is COc1ccc([C@H](Cc2c(Cl)c[n+](O)cc2Cl)c2cc(CNC(C(=O)O[C@@H]3CCN(C)C3)c3ccccc3)sc2C(=O)O)cc1OC. The van der Waals surface area contributed by atoms with Gasteiger partial charge in [0.25, 0.3) is 0 Å². The quantitative estimate of drug-likeness (QED) is 0.0910. The van der Waals surface area contributed by atoms with Crippen molar-refractivity contribution in [3.8, 4) is 11.5 Å². The molecular formula is C34H36Cl2N3O7S+. The van der Waals surface area contributed by atoms with Crippen LogP contribution in [0.1, 0.15) is 55.2 Å². The van der Waals surface area contributed by atoms with Crippen LogP contribution in [0.2, 0.25) is 10.0 Å². The number of methoxy groups -OCH3 is 2. The maximum atomic E-state index is 13.4. The lowest BCUT2D eigenvalue weighted by atomic mass is 9.85. The van der Waals surface area contributed by atoms with Gasteiger partial charge in [-0.1, -0.05) is 59.6 Å². The van der Waals surface area contributed by atoms with Gasteiger partial charge in [0.1, 0.15) is 27.1 Å². The molecule has 1 saturated heterocycles. The molecule has 1 fully saturated rings. The minimum atomic E-state index is -1.09. The molecule has 10 nitrogen and oxygen atoms in total. The third-order valence-corrected chi connectivity index (χ3v) is 9.94. The van der Waals surface area contributed by atoms with Crippen LogP contribution in [0.3, 0.4) is 0 Å². The average molecular weight is 702 g/mol. The molecule has 0 saturated carbocycles. The molecule has 0 aliphatic carbocycles. The number of carboxylic acids is 1. The van der Waals surface area contributed by atoms with E-state index < -0.39 is 17.9 Å². The van der Waals surface area contributed by atoms with Crippen LogP contribution in [0.15, 0.2) is 67.0 Å². The summed E-state index contributed by atoms with van der Waals surface area (Å²) in [4.78, 5) is 29.1. The second kappa shape index (κ2) is 15.4. The first-order chi connectivity index (χ1) is 22.6. The zero-order valence-electron chi connectivity index (χ0n) is 26.1. The number of hydrogen-bond donors (Lipinski definition) is 3. The van der Waals surface area contributed by atoms with Crippen LogP contribution in [0, 0.1) is 0 Å². The lowest BCUT2D eigenvalue weighted by molar-refractivity contribution is -0.904. The number of likely N-dealkylation sites (N-methyl/N-ethyl adjacent to an activating group) is 1. The molecule has 0 spiro atoms. The van der Waals surface area contributed by atoms with Crippen molar-refractivity contribution in [3.63, 3.8) is 0 Å². The Bertz CT molecular complexity index is 1710. The maximum Gasteiger partial charge on any atom is 0.346 e. The molecule has 2 aromatic heterocycles. The molecule has 248 valence electrons. The minimum Gasteiger partial charge on any atom is -0.493 e. The van der Waals surface area contributed by atoms with Crippen molar-refractivity contribution in [1.82, 2.24) is 10.2 Å². The van der Waals surface area contributed by atoms with E-state index in [4.69, 9.17) is 37.4 Å². The minimum absolute atomic E-state index is 0.134. The lowest BCUT2D eigenvalue weighted by Crippen LogP contribution is -2.33. The molecule has 3 N–H and O–H groups in total. The Morgan fingerprint density at radius 1 is 1.04 bits per heavy atom. The normalized spacial score (nSPS) is 16.1. The van der Waals surface area contributed by atoms with Crippen LogP contribution in [-0.2, 0) is 22.5 Å². The summed E-state index contributed by atoms with van der Waals surface area (Å²) in [5, 5.41) is 24.1. The van der Waals surface area contributed by atoms with Gasteiger partial charge in [-0.05, 0) is 54.8 Å². The molecule has 0 bridgehead atoms. The molecule has 3 atom stereocenters. The zero-order chi connectivity index (χ0) is 33.7. The van der Waals surface area contributed by atoms with E-state index in [1.165, 1.54) is 26.6 Å². The first kappa shape index (κ1) is 34.5. The number of pyridine rings is 1. The lowest BCUT2D eigenvalue weighted by Gasteiger charge is -2.21. The molecule has 4 aromatic rings. The second-order valence-corrected chi connectivity index (χ2v) is 13.3. The molecular weight excluding hydrogens is 665 g/mol. The molecule has 3 heterocycles. The van der Waals surface area contributed by atoms with Gasteiger partial charge in [0.2, 0.25) is 12.4 Å². The molecule has 1 aliphatic heterocycles. The number of esters is 1. The molecule has 1 aliphatic rings. The Labute approximate surface area is 287 Å². The van der Waals surface area contributed by atoms with Gasteiger partial charge < -0.3 is 24.2 Å². The third kappa shape index (κ3) is 8.17. The summed E-state index contributed by atoms with van der Waals surface area (Å²) in [6.45, 7) is 1.74. The molecule has 5 rings (SSSR count).